The zero-order chi connectivity index (χ0) is 24.2. The molecular weight excluding hydrogens is 436 g/mol. The van der Waals surface area contributed by atoms with Gasteiger partial charge in [-0.3, -0.25) is 9.10 Å². The van der Waals surface area contributed by atoms with Gasteiger partial charge in [0.15, 0.2) is 0 Å². The van der Waals surface area contributed by atoms with E-state index in [0.717, 1.165) is 21.0 Å². The Bertz CT molecular complexity index is 1240. The van der Waals surface area contributed by atoms with Crippen molar-refractivity contribution in [2.24, 2.45) is 0 Å². The topological polar surface area (TPSA) is 75.7 Å². The molecule has 0 spiro atoms. The van der Waals surface area contributed by atoms with E-state index in [1.807, 2.05) is 20.8 Å². The molecule has 33 heavy (non-hydrogen) atoms. The van der Waals surface area contributed by atoms with E-state index in [1.54, 1.807) is 42.5 Å². The van der Waals surface area contributed by atoms with Crippen LogP contribution < -0.4 is 14.4 Å². The van der Waals surface area contributed by atoms with Crippen LogP contribution in [0.1, 0.15) is 35.2 Å². The van der Waals surface area contributed by atoms with Crippen molar-refractivity contribution in [2.75, 3.05) is 18.0 Å². The monoisotopic (exact) mass is 466 g/mol. The number of ether oxygens (including phenoxy) is 1. The van der Waals surface area contributed by atoms with Crippen LogP contribution in [0.2, 0.25) is 0 Å². The van der Waals surface area contributed by atoms with Crippen molar-refractivity contribution in [3.05, 3.63) is 89.0 Å². The molecule has 1 N–H and O–H groups in total. The number of para-hydroxylation sites is 2. The highest BCUT2D eigenvalue weighted by molar-refractivity contribution is 7.92. The molecule has 0 saturated heterocycles. The van der Waals surface area contributed by atoms with Crippen molar-refractivity contribution in [1.82, 2.24) is 5.32 Å². The number of anilines is 1. The summed E-state index contributed by atoms with van der Waals surface area (Å²) in [6.07, 6.45) is 0. The first kappa shape index (κ1) is 24.3. The van der Waals surface area contributed by atoms with E-state index in [9.17, 15) is 13.2 Å². The van der Waals surface area contributed by atoms with Gasteiger partial charge in [0.2, 0.25) is 5.91 Å². The number of nitrogens with zero attached hydrogens (tertiary/aromatic N) is 1. The molecule has 0 aromatic heterocycles. The van der Waals surface area contributed by atoms with Crippen LogP contribution in [-0.2, 0) is 14.8 Å². The number of nitrogens with one attached hydrogen (secondary N) is 1. The van der Waals surface area contributed by atoms with Crippen molar-refractivity contribution in [2.45, 2.75) is 38.6 Å². The van der Waals surface area contributed by atoms with E-state index < -0.39 is 15.9 Å². The molecule has 174 valence electrons. The van der Waals surface area contributed by atoms with Crippen LogP contribution in [0.5, 0.6) is 5.75 Å². The van der Waals surface area contributed by atoms with Gasteiger partial charge in [0.25, 0.3) is 10.0 Å². The maximum atomic E-state index is 13.5. The maximum Gasteiger partial charge on any atom is 0.264 e. The summed E-state index contributed by atoms with van der Waals surface area (Å²) in [6, 6.07) is 18.7. The van der Waals surface area contributed by atoms with Gasteiger partial charge < -0.3 is 10.1 Å². The summed E-state index contributed by atoms with van der Waals surface area (Å²) in [5.74, 6) is -0.0478. The fourth-order valence-corrected chi connectivity index (χ4v) is 5.25. The minimum Gasteiger partial charge on any atom is -0.495 e. The Kier molecular flexibility index (Phi) is 7.43. The molecule has 0 aliphatic carbocycles. The van der Waals surface area contributed by atoms with Gasteiger partial charge in [-0.15, -0.1) is 0 Å². The summed E-state index contributed by atoms with van der Waals surface area (Å²) < 4.78 is 33.5. The van der Waals surface area contributed by atoms with Crippen molar-refractivity contribution in [1.29, 1.82) is 0 Å². The van der Waals surface area contributed by atoms with Crippen LogP contribution in [-0.4, -0.2) is 28.0 Å². The van der Waals surface area contributed by atoms with Gasteiger partial charge in [0, 0.05) is 0 Å². The molecule has 0 aliphatic heterocycles. The second-order valence-electron chi connectivity index (χ2n) is 8.08. The normalized spacial score (nSPS) is 12.2. The van der Waals surface area contributed by atoms with Crippen LogP contribution in [0.4, 0.5) is 5.69 Å². The van der Waals surface area contributed by atoms with Gasteiger partial charge in [-0.1, -0.05) is 42.5 Å². The van der Waals surface area contributed by atoms with E-state index in [1.165, 1.54) is 24.8 Å². The Morgan fingerprint density at radius 1 is 0.939 bits per heavy atom. The molecule has 6 nitrogen and oxygen atoms in total. The Labute approximate surface area is 196 Å². The third kappa shape index (κ3) is 5.37. The first-order chi connectivity index (χ1) is 15.6. The lowest BCUT2D eigenvalue weighted by Crippen LogP contribution is -2.41. The molecule has 3 aromatic rings. The maximum absolute atomic E-state index is 13.5. The van der Waals surface area contributed by atoms with Gasteiger partial charge in [-0.2, -0.15) is 0 Å². The average molecular weight is 467 g/mol. The molecule has 0 saturated carbocycles. The summed E-state index contributed by atoms with van der Waals surface area (Å²) in [5, 5.41) is 2.96. The minimum atomic E-state index is -4.01. The van der Waals surface area contributed by atoms with E-state index in [2.05, 4.69) is 24.4 Å². The first-order valence-electron chi connectivity index (χ1n) is 10.7. The fraction of sp³-hybridized carbons (Fsp3) is 0.269. The molecular formula is C26H30N2O4S. The Morgan fingerprint density at radius 2 is 1.55 bits per heavy atom. The quantitative estimate of drug-likeness (QED) is 0.522. The van der Waals surface area contributed by atoms with E-state index in [-0.39, 0.29) is 17.5 Å². The molecule has 1 atom stereocenters. The number of rotatable bonds is 8. The van der Waals surface area contributed by atoms with Crippen molar-refractivity contribution in [3.63, 3.8) is 0 Å². The molecule has 3 aromatic carbocycles. The van der Waals surface area contributed by atoms with Crippen molar-refractivity contribution >= 4 is 21.6 Å². The largest absolute Gasteiger partial charge is 0.495 e. The summed E-state index contributed by atoms with van der Waals surface area (Å²) in [7, 11) is -2.54. The number of hydrogen-bond acceptors (Lipinski definition) is 4. The van der Waals surface area contributed by atoms with Crippen molar-refractivity contribution < 1.29 is 17.9 Å². The smallest absolute Gasteiger partial charge is 0.264 e. The zero-order valence-electron chi connectivity index (χ0n) is 19.6. The zero-order valence-corrected chi connectivity index (χ0v) is 20.4. The standard InChI is InChI=1S/C26H30N2O4S/c1-18-15-20(3)23(16-19(18)2)21(4)27-26(29)17-28(24-13-9-10-14-25(24)32-5)33(30,31)22-11-7-6-8-12-22/h6-16,21H,17H2,1-5H3,(H,27,29)/t21-/m1/s1. The number of hydrogen-bond donors (Lipinski definition) is 1. The third-order valence-corrected chi connectivity index (χ3v) is 7.47. The second-order valence-corrected chi connectivity index (χ2v) is 9.94. The third-order valence-electron chi connectivity index (χ3n) is 5.70. The predicted octanol–water partition coefficient (Wildman–Crippen LogP) is 4.69. The highest BCUT2D eigenvalue weighted by Gasteiger charge is 2.29. The average Bonchev–Trinajstić information content (AvgIpc) is 2.80. The Hall–Kier alpha value is -3.32. The number of benzene rings is 3. The van der Waals surface area contributed by atoms with Crippen LogP contribution in [0.3, 0.4) is 0 Å². The van der Waals surface area contributed by atoms with Gasteiger partial charge in [-0.05, 0) is 74.2 Å². The highest BCUT2D eigenvalue weighted by Crippen LogP contribution is 2.32. The lowest BCUT2D eigenvalue weighted by molar-refractivity contribution is -0.120. The van der Waals surface area contributed by atoms with Crippen LogP contribution in [0.15, 0.2) is 71.6 Å². The number of methoxy groups -OCH3 is 1. The van der Waals surface area contributed by atoms with E-state index in [0.29, 0.717) is 11.4 Å². The summed E-state index contributed by atoms with van der Waals surface area (Å²) >= 11 is 0. The number of sulfonamides is 1. The Morgan fingerprint density at radius 3 is 2.21 bits per heavy atom. The molecule has 7 heteroatoms. The molecule has 0 bridgehead atoms. The van der Waals surface area contributed by atoms with Crippen LogP contribution in [0.25, 0.3) is 0 Å². The molecule has 0 radical (unpaired) electrons. The lowest BCUT2D eigenvalue weighted by atomic mass is 9.96. The number of amides is 1. The fourth-order valence-electron chi connectivity index (χ4n) is 3.80. The number of carbonyl (C=O) groups is 1. The van der Waals surface area contributed by atoms with Gasteiger partial charge in [0.05, 0.1) is 23.7 Å². The molecule has 1 amide bonds. The second kappa shape index (κ2) is 10.1. The minimum absolute atomic E-state index is 0.0989. The van der Waals surface area contributed by atoms with Gasteiger partial charge >= 0.3 is 0 Å². The van der Waals surface area contributed by atoms with E-state index >= 15 is 0 Å². The predicted molar refractivity (Wildman–Crippen MR) is 131 cm³/mol. The van der Waals surface area contributed by atoms with E-state index in [4.69, 9.17) is 4.74 Å². The molecule has 3 rings (SSSR count). The number of aryl methyl sites for hydroxylation is 3. The lowest BCUT2D eigenvalue weighted by Gasteiger charge is -2.26. The molecule has 0 aliphatic rings. The molecule has 0 unspecified atom stereocenters. The van der Waals surface area contributed by atoms with Gasteiger partial charge in [-0.25, -0.2) is 8.42 Å². The van der Waals surface area contributed by atoms with Crippen LogP contribution >= 0.6 is 0 Å². The molecule has 0 fully saturated rings. The summed E-state index contributed by atoms with van der Waals surface area (Å²) in [4.78, 5) is 13.2. The van der Waals surface area contributed by atoms with Crippen LogP contribution in [0, 0.1) is 20.8 Å². The SMILES string of the molecule is COc1ccccc1N(CC(=O)N[C@H](C)c1cc(C)c(C)cc1C)S(=O)(=O)c1ccccc1. The Balaban J connectivity index is 1.94. The summed E-state index contributed by atoms with van der Waals surface area (Å²) in [5.41, 5.74) is 4.70. The van der Waals surface area contributed by atoms with Gasteiger partial charge in [0.1, 0.15) is 12.3 Å². The summed E-state index contributed by atoms with van der Waals surface area (Å²) in [6.45, 7) is 7.60. The first-order valence-corrected chi connectivity index (χ1v) is 12.2. The van der Waals surface area contributed by atoms with Crippen molar-refractivity contribution in [3.8, 4) is 5.75 Å². The molecule has 0 heterocycles. The number of carbonyl (C=O) groups excluding carboxylic acids is 1. The highest BCUT2D eigenvalue weighted by atomic mass is 32.2.